The monoisotopic (exact) mass is 203 g/mol. The van der Waals surface area contributed by atoms with Gasteiger partial charge in [0.25, 0.3) is 0 Å². The van der Waals surface area contributed by atoms with Crippen molar-refractivity contribution >= 4 is 0 Å². The van der Waals surface area contributed by atoms with E-state index in [4.69, 9.17) is 0 Å². The molecule has 14 heavy (non-hydrogen) atoms. The second-order valence-electron chi connectivity index (χ2n) is 3.10. The van der Waals surface area contributed by atoms with Crippen molar-refractivity contribution in [3.63, 3.8) is 0 Å². The van der Waals surface area contributed by atoms with Gasteiger partial charge in [0, 0.05) is 6.04 Å². The number of rotatable bonds is 2. The van der Waals surface area contributed by atoms with Crippen LogP contribution in [0.4, 0.5) is 13.2 Å². The minimum atomic E-state index is -4.28. The minimum Gasteiger partial charge on any atom is -0.313 e. The Morgan fingerprint density at radius 2 is 1.79 bits per heavy atom. The van der Waals surface area contributed by atoms with E-state index in [1.165, 1.54) is 12.1 Å². The molecule has 0 aliphatic rings. The first-order chi connectivity index (χ1) is 6.46. The Kier molecular flexibility index (Phi) is 3.16. The van der Waals surface area contributed by atoms with E-state index < -0.39 is 11.7 Å². The second-order valence-corrected chi connectivity index (χ2v) is 3.10. The molecule has 1 N–H and O–H groups in total. The zero-order valence-electron chi connectivity index (χ0n) is 8.02. The van der Waals surface area contributed by atoms with Gasteiger partial charge < -0.3 is 5.32 Å². The maximum absolute atomic E-state index is 12.5. The molecule has 0 saturated carbocycles. The fraction of sp³-hybridized carbons (Fsp3) is 0.400. The standard InChI is InChI=1S/C10H12F3N/c1-7(14-2)8-5-3-4-6-9(8)10(11,12)13/h3-7,14H,1-2H3/t7-/m0/s1. The van der Waals surface area contributed by atoms with Gasteiger partial charge in [-0.25, -0.2) is 0 Å². The zero-order chi connectivity index (χ0) is 10.8. The Labute approximate surface area is 80.9 Å². The highest BCUT2D eigenvalue weighted by atomic mass is 19.4. The van der Waals surface area contributed by atoms with Crippen molar-refractivity contribution in [2.75, 3.05) is 7.05 Å². The Morgan fingerprint density at radius 3 is 2.29 bits per heavy atom. The van der Waals surface area contributed by atoms with Crippen LogP contribution in [0.15, 0.2) is 24.3 Å². The molecule has 4 heteroatoms. The zero-order valence-corrected chi connectivity index (χ0v) is 8.02. The molecule has 1 aromatic carbocycles. The van der Waals surface area contributed by atoms with E-state index in [2.05, 4.69) is 5.32 Å². The molecule has 0 saturated heterocycles. The van der Waals surface area contributed by atoms with Gasteiger partial charge in [-0.05, 0) is 25.6 Å². The normalized spacial score (nSPS) is 14.1. The number of nitrogens with one attached hydrogen (secondary N) is 1. The first-order valence-corrected chi connectivity index (χ1v) is 4.30. The molecular formula is C10H12F3N. The molecule has 0 aliphatic heterocycles. The van der Waals surface area contributed by atoms with Gasteiger partial charge in [0.2, 0.25) is 0 Å². The van der Waals surface area contributed by atoms with Crippen LogP contribution in [0.1, 0.15) is 24.1 Å². The van der Waals surface area contributed by atoms with E-state index in [9.17, 15) is 13.2 Å². The summed E-state index contributed by atoms with van der Waals surface area (Å²) < 4.78 is 37.6. The Bertz CT molecular complexity index is 306. The summed E-state index contributed by atoms with van der Waals surface area (Å²) in [7, 11) is 1.64. The maximum Gasteiger partial charge on any atom is 0.416 e. The van der Waals surface area contributed by atoms with E-state index in [1.54, 1.807) is 20.0 Å². The Hall–Kier alpha value is -1.03. The summed E-state index contributed by atoms with van der Waals surface area (Å²) in [4.78, 5) is 0. The van der Waals surface area contributed by atoms with Crippen molar-refractivity contribution in [1.82, 2.24) is 5.32 Å². The molecule has 0 amide bonds. The number of halogens is 3. The van der Waals surface area contributed by atoms with Gasteiger partial charge in [-0.2, -0.15) is 13.2 Å². The van der Waals surface area contributed by atoms with Crippen molar-refractivity contribution in [2.45, 2.75) is 19.1 Å². The van der Waals surface area contributed by atoms with E-state index >= 15 is 0 Å². The number of hydrogen-bond acceptors (Lipinski definition) is 1. The third kappa shape index (κ3) is 2.26. The summed E-state index contributed by atoms with van der Waals surface area (Å²) in [5.74, 6) is 0. The Balaban J connectivity index is 3.16. The summed E-state index contributed by atoms with van der Waals surface area (Å²) in [5, 5.41) is 2.79. The molecule has 1 aromatic rings. The van der Waals surface area contributed by atoms with Crippen molar-refractivity contribution in [3.8, 4) is 0 Å². The van der Waals surface area contributed by atoms with Crippen LogP contribution < -0.4 is 5.32 Å². The van der Waals surface area contributed by atoms with Crippen LogP contribution in [-0.4, -0.2) is 7.05 Å². The van der Waals surface area contributed by atoms with Gasteiger partial charge >= 0.3 is 6.18 Å². The van der Waals surface area contributed by atoms with Crippen LogP contribution >= 0.6 is 0 Å². The lowest BCUT2D eigenvalue weighted by molar-refractivity contribution is -0.138. The highest BCUT2D eigenvalue weighted by Gasteiger charge is 2.33. The van der Waals surface area contributed by atoms with Crippen molar-refractivity contribution in [2.24, 2.45) is 0 Å². The van der Waals surface area contributed by atoms with Crippen LogP contribution in [0.2, 0.25) is 0 Å². The molecule has 1 nitrogen and oxygen atoms in total. The number of benzene rings is 1. The lowest BCUT2D eigenvalue weighted by Crippen LogP contribution is -2.18. The molecule has 1 atom stereocenters. The van der Waals surface area contributed by atoms with E-state index in [-0.39, 0.29) is 11.6 Å². The first-order valence-electron chi connectivity index (χ1n) is 4.30. The SMILES string of the molecule is CN[C@@H](C)c1ccccc1C(F)(F)F. The average Bonchev–Trinajstić information content (AvgIpc) is 2.15. The predicted molar refractivity (Wildman–Crippen MR) is 48.9 cm³/mol. The average molecular weight is 203 g/mol. The summed E-state index contributed by atoms with van der Waals surface area (Å²) in [6.45, 7) is 1.70. The van der Waals surface area contributed by atoms with E-state index in [0.29, 0.717) is 0 Å². The van der Waals surface area contributed by atoms with Crippen molar-refractivity contribution < 1.29 is 13.2 Å². The van der Waals surface area contributed by atoms with Crippen molar-refractivity contribution in [3.05, 3.63) is 35.4 Å². The van der Waals surface area contributed by atoms with Gasteiger partial charge in [-0.3, -0.25) is 0 Å². The van der Waals surface area contributed by atoms with E-state index in [1.807, 2.05) is 0 Å². The molecule has 0 aliphatic carbocycles. The van der Waals surface area contributed by atoms with Crippen LogP contribution in [0, 0.1) is 0 Å². The van der Waals surface area contributed by atoms with Crippen LogP contribution in [-0.2, 0) is 6.18 Å². The fourth-order valence-electron chi connectivity index (χ4n) is 1.29. The molecule has 0 heterocycles. The molecule has 78 valence electrons. The second kappa shape index (κ2) is 4.00. The third-order valence-corrected chi connectivity index (χ3v) is 2.17. The lowest BCUT2D eigenvalue weighted by atomic mass is 10.0. The maximum atomic E-state index is 12.5. The highest BCUT2D eigenvalue weighted by Crippen LogP contribution is 2.34. The molecule has 0 bridgehead atoms. The first kappa shape index (κ1) is 11.0. The predicted octanol–water partition coefficient (Wildman–Crippen LogP) is 2.99. The lowest BCUT2D eigenvalue weighted by Gasteiger charge is -2.17. The molecule has 0 spiro atoms. The summed E-state index contributed by atoms with van der Waals surface area (Å²) in [6.07, 6.45) is -4.28. The molecule has 0 unspecified atom stereocenters. The molecule has 0 aromatic heterocycles. The topological polar surface area (TPSA) is 12.0 Å². The van der Waals surface area contributed by atoms with Crippen LogP contribution in [0.5, 0.6) is 0 Å². The van der Waals surface area contributed by atoms with Gasteiger partial charge in [0.15, 0.2) is 0 Å². The quantitative estimate of drug-likeness (QED) is 0.779. The smallest absolute Gasteiger partial charge is 0.313 e. The number of alkyl halides is 3. The summed E-state index contributed by atoms with van der Waals surface area (Å²) >= 11 is 0. The molecular weight excluding hydrogens is 191 g/mol. The minimum absolute atomic E-state index is 0.280. The van der Waals surface area contributed by atoms with Gasteiger partial charge in [0.05, 0.1) is 5.56 Å². The fourth-order valence-corrected chi connectivity index (χ4v) is 1.29. The summed E-state index contributed by atoms with van der Waals surface area (Å²) in [6, 6.07) is 5.30. The van der Waals surface area contributed by atoms with Gasteiger partial charge in [-0.1, -0.05) is 18.2 Å². The van der Waals surface area contributed by atoms with Crippen LogP contribution in [0.3, 0.4) is 0 Å². The molecule has 1 rings (SSSR count). The van der Waals surface area contributed by atoms with E-state index in [0.717, 1.165) is 6.07 Å². The molecule has 0 fully saturated rings. The van der Waals surface area contributed by atoms with Gasteiger partial charge in [-0.15, -0.1) is 0 Å². The van der Waals surface area contributed by atoms with Gasteiger partial charge in [0.1, 0.15) is 0 Å². The molecule has 0 radical (unpaired) electrons. The third-order valence-electron chi connectivity index (χ3n) is 2.17. The largest absolute Gasteiger partial charge is 0.416 e. The highest BCUT2D eigenvalue weighted by molar-refractivity contribution is 5.31. The summed E-state index contributed by atoms with van der Waals surface area (Å²) in [5.41, 5.74) is -0.288. The van der Waals surface area contributed by atoms with Crippen LogP contribution in [0.25, 0.3) is 0 Å². The van der Waals surface area contributed by atoms with Crippen molar-refractivity contribution in [1.29, 1.82) is 0 Å². The number of hydrogen-bond donors (Lipinski definition) is 1. The Morgan fingerprint density at radius 1 is 1.21 bits per heavy atom.